The summed E-state index contributed by atoms with van der Waals surface area (Å²) >= 11 is 5.73. The van der Waals surface area contributed by atoms with Gasteiger partial charge in [-0.1, -0.05) is 17.7 Å². The van der Waals surface area contributed by atoms with Gasteiger partial charge in [0.15, 0.2) is 5.82 Å². The summed E-state index contributed by atoms with van der Waals surface area (Å²) in [6, 6.07) is 4.61. The summed E-state index contributed by atoms with van der Waals surface area (Å²) in [6.07, 6.45) is 0.0654. The van der Waals surface area contributed by atoms with Gasteiger partial charge in [0, 0.05) is 17.2 Å². The molecule has 3 fully saturated rings. The van der Waals surface area contributed by atoms with Crippen molar-refractivity contribution in [1.82, 2.24) is 4.57 Å². The van der Waals surface area contributed by atoms with Crippen LogP contribution in [0, 0.1) is 11.2 Å². The smallest absolute Gasteiger partial charge is 0.261 e. The van der Waals surface area contributed by atoms with E-state index in [4.69, 9.17) is 11.6 Å². The van der Waals surface area contributed by atoms with Crippen molar-refractivity contribution in [2.75, 3.05) is 0 Å². The SMILES string of the molecule is O=c1c2c(F)c(Cl)ccc2ccn1C12CC(C(F)F)(C1)C2. The van der Waals surface area contributed by atoms with Gasteiger partial charge in [-0.25, -0.2) is 13.2 Å². The average Bonchev–Trinajstić information content (AvgIpc) is 2.32. The van der Waals surface area contributed by atoms with E-state index in [-0.39, 0.29) is 29.7 Å². The van der Waals surface area contributed by atoms with Crippen molar-refractivity contribution >= 4 is 22.4 Å². The van der Waals surface area contributed by atoms with E-state index in [0.29, 0.717) is 5.39 Å². The van der Waals surface area contributed by atoms with Crippen LogP contribution in [0.4, 0.5) is 13.2 Å². The van der Waals surface area contributed by atoms with Crippen LogP contribution in [0.5, 0.6) is 0 Å². The van der Waals surface area contributed by atoms with Crippen LogP contribution < -0.4 is 5.56 Å². The Labute approximate surface area is 123 Å². The molecule has 0 N–H and O–H groups in total. The van der Waals surface area contributed by atoms with Crippen LogP contribution in [0.25, 0.3) is 10.8 Å². The minimum atomic E-state index is -2.36. The molecule has 0 amide bonds. The molecule has 1 aromatic heterocycles. The Bertz CT molecular complexity index is 810. The molecule has 3 aliphatic carbocycles. The molecular formula is C15H11ClF3NO. The fourth-order valence-corrected chi connectivity index (χ4v) is 4.09. The van der Waals surface area contributed by atoms with Crippen molar-refractivity contribution in [2.45, 2.75) is 31.2 Å². The Morgan fingerprint density at radius 3 is 2.48 bits per heavy atom. The Morgan fingerprint density at radius 2 is 1.86 bits per heavy atom. The quantitative estimate of drug-likeness (QED) is 0.823. The highest BCUT2D eigenvalue weighted by Gasteiger charge is 2.73. The number of fused-ring (bicyclic) bond motifs is 1. The first kappa shape index (κ1) is 13.2. The second-order valence-corrected chi connectivity index (χ2v) is 6.64. The van der Waals surface area contributed by atoms with Crippen LogP contribution in [-0.4, -0.2) is 11.0 Å². The van der Waals surface area contributed by atoms with Gasteiger partial charge in [0.05, 0.1) is 10.4 Å². The number of benzene rings is 1. The summed E-state index contributed by atoms with van der Waals surface area (Å²) in [5, 5.41) is 0.285. The lowest BCUT2D eigenvalue weighted by Crippen LogP contribution is -2.71. The number of hydrogen-bond acceptors (Lipinski definition) is 1. The first-order chi connectivity index (χ1) is 9.89. The Hall–Kier alpha value is -1.49. The summed E-state index contributed by atoms with van der Waals surface area (Å²) in [5.41, 5.74) is -1.98. The van der Waals surface area contributed by atoms with Crippen LogP contribution >= 0.6 is 11.6 Å². The Balaban J connectivity index is 1.85. The number of pyridine rings is 1. The van der Waals surface area contributed by atoms with E-state index >= 15 is 0 Å². The van der Waals surface area contributed by atoms with E-state index in [1.165, 1.54) is 10.6 Å². The standard InChI is InChI=1S/C15H11ClF3NO/c16-9-2-1-8-3-4-20(12(21)10(8)11(9)17)15-5-14(6-15,7-15)13(18)19/h1-4,13H,5-7H2. The summed E-state index contributed by atoms with van der Waals surface area (Å²) in [6.45, 7) is 0. The Morgan fingerprint density at radius 1 is 1.19 bits per heavy atom. The second kappa shape index (κ2) is 3.83. The molecule has 3 aliphatic rings. The van der Waals surface area contributed by atoms with Gasteiger partial charge in [-0.2, -0.15) is 0 Å². The van der Waals surface area contributed by atoms with E-state index in [2.05, 4.69) is 0 Å². The average molecular weight is 314 g/mol. The highest BCUT2D eigenvalue weighted by molar-refractivity contribution is 6.31. The molecule has 0 spiro atoms. The number of alkyl halides is 2. The third-order valence-electron chi connectivity index (χ3n) is 4.98. The lowest BCUT2D eigenvalue weighted by atomic mass is 9.39. The van der Waals surface area contributed by atoms with Gasteiger partial charge < -0.3 is 4.57 Å². The highest BCUT2D eigenvalue weighted by atomic mass is 35.5. The molecule has 2 aromatic rings. The largest absolute Gasteiger partial charge is 0.309 e. The van der Waals surface area contributed by atoms with E-state index in [9.17, 15) is 18.0 Å². The fourth-order valence-electron chi connectivity index (χ4n) is 3.94. The molecule has 2 nitrogen and oxygen atoms in total. The molecule has 6 heteroatoms. The molecule has 3 saturated carbocycles. The Kier molecular flexibility index (Phi) is 2.40. The molecule has 2 bridgehead atoms. The number of aromatic nitrogens is 1. The minimum Gasteiger partial charge on any atom is -0.309 e. The van der Waals surface area contributed by atoms with Crippen LogP contribution in [0.15, 0.2) is 29.2 Å². The van der Waals surface area contributed by atoms with Crippen molar-refractivity contribution in [1.29, 1.82) is 0 Å². The van der Waals surface area contributed by atoms with Crippen molar-refractivity contribution in [3.05, 3.63) is 45.6 Å². The zero-order valence-electron chi connectivity index (χ0n) is 10.9. The number of halogens is 4. The summed E-state index contributed by atoms with van der Waals surface area (Å²) in [5.74, 6) is -0.747. The van der Waals surface area contributed by atoms with E-state index < -0.39 is 28.8 Å². The van der Waals surface area contributed by atoms with Crippen LogP contribution in [0.1, 0.15) is 19.3 Å². The molecule has 110 valence electrons. The highest BCUT2D eigenvalue weighted by Crippen LogP contribution is 2.73. The lowest BCUT2D eigenvalue weighted by molar-refractivity contribution is -0.254. The normalized spacial score (nSPS) is 30.3. The van der Waals surface area contributed by atoms with Crippen LogP contribution in [0.3, 0.4) is 0 Å². The first-order valence-corrected chi connectivity index (χ1v) is 7.04. The molecule has 5 rings (SSSR count). The van der Waals surface area contributed by atoms with Gasteiger partial charge in [-0.15, -0.1) is 0 Å². The van der Waals surface area contributed by atoms with E-state index in [1.54, 1.807) is 18.3 Å². The molecule has 0 atom stereocenters. The van der Waals surface area contributed by atoms with Gasteiger partial charge in [0.1, 0.15) is 0 Å². The zero-order chi connectivity index (χ0) is 15.0. The maximum atomic E-state index is 14.1. The molecule has 0 unspecified atom stereocenters. The molecular weight excluding hydrogens is 303 g/mol. The van der Waals surface area contributed by atoms with Crippen molar-refractivity contribution in [3.63, 3.8) is 0 Å². The van der Waals surface area contributed by atoms with Crippen LogP contribution in [0.2, 0.25) is 5.02 Å². The predicted octanol–water partition coefficient (Wildman–Crippen LogP) is 3.94. The number of hydrogen-bond donors (Lipinski definition) is 0. The molecule has 0 saturated heterocycles. The van der Waals surface area contributed by atoms with Crippen LogP contribution in [-0.2, 0) is 5.54 Å². The maximum Gasteiger partial charge on any atom is 0.261 e. The third kappa shape index (κ3) is 1.47. The number of rotatable bonds is 2. The summed E-state index contributed by atoms with van der Waals surface area (Å²) < 4.78 is 41.3. The fraction of sp³-hybridized carbons (Fsp3) is 0.400. The summed E-state index contributed by atoms with van der Waals surface area (Å²) in [4.78, 5) is 12.5. The molecule has 21 heavy (non-hydrogen) atoms. The summed E-state index contributed by atoms with van der Waals surface area (Å²) in [7, 11) is 0. The van der Waals surface area contributed by atoms with E-state index in [1.807, 2.05) is 0 Å². The predicted molar refractivity (Wildman–Crippen MR) is 73.4 cm³/mol. The number of nitrogens with zero attached hydrogens (tertiary/aromatic N) is 1. The third-order valence-corrected chi connectivity index (χ3v) is 5.27. The van der Waals surface area contributed by atoms with Gasteiger partial charge in [-0.05, 0) is 36.8 Å². The van der Waals surface area contributed by atoms with Crippen molar-refractivity contribution in [3.8, 4) is 0 Å². The molecule has 0 aliphatic heterocycles. The van der Waals surface area contributed by atoms with Gasteiger partial charge in [0.25, 0.3) is 5.56 Å². The zero-order valence-corrected chi connectivity index (χ0v) is 11.6. The molecule has 1 heterocycles. The van der Waals surface area contributed by atoms with E-state index in [0.717, 1.165) is 0 Å². The second-order valence-electron chi connectivity index (χ2n) is 6.23. The maximum absolute atomic E-state index is 14.1. The first-order valence-electron chi connectivity index (χ1n) is 6.67. The topological polar surface area (TPSA) is 22.0 Å². The molecule has 1 aromatic carbocycles. The molecule has 0 radical (unpaired) electrons. The van der Waals surface area contributed by atoms with Crippen molar-refractivity contribution in [2.24, 2.45) is 5.41 Å². The van der Waals surface area contributed by atoms with Gasteiger partial charge in [0.2, 0.25) is 6.43 Å². The van der Waals surface area contributed by atoms with Crippen molar-refractivity contribution < 1.29 is 13.2 Å². The lowest BCUT2D eigenvalue weighted by Gasteiger charge is -2.70. The van der Waals surface area contributed by atoms with Gasteiger partial charge >= 0.3 is 0 Å². The monoisotopic (exact) mass is 313 g/mol. The van der Waals surface area contributed by atoms with Gasteiger partial charge in [-0.3, -0.25) is 4.79 Å². The minimum absolute atomic E-state index is 0.0687.